The molecule has 7 rings (SSSR count). The van der Waals surface area contributed by atoms with Gasteiger partial charge < -0.3 is 55.0 Å². The fourth-order valence-electron chi connectivity index (χ4n) is 10.7. The van der Waals surface area contributed by atoms with Crippen LogP contribution in [-0.4, -0.2) is 136 Å². The summed E-state index contributed by atoms with van der Waals surface area (Å²) in [4.78, 5) is 60.6. The fourth-order valence-corrected chi connectivity index (χ4v) is 12.2. The van der Waals surface area contributed by atoms with Crippen molar-refractivity contribution in [2.45, 2.75) is 146 Å². The van der Waals surface area contributed by atoms with Gasteiger partial charge in [0.25, 0.3) is 10.0 Å². The highest BCUT2D eigenvalue weighted by atomic mass is 32.2. The zero-order chi connectivity index (χ0) is 49.9. The first kappa shape index (κ1) is 50.3. The largest absolute Gasteiger partial charge is 0.493 e. The minimum absolute atomic E-state index is 0.0105. The maximum absolute atomic E-state index is 13.7. The summed E-state index contributed by atoms with van der Waals surface area (Å²) in [6, 6.07) is 2.56. The Morgan fingerprint density at radius 3 is 2.51 bits per heavy atom. The van der Waals surface area contributed by atoms with E-state index in [0.717, 1.165) is 22.3 Å². The topological polar surface area (TPSA) is 250 Å². The van der Waals surface area contributed by atoms with Gasteiger partial charge in [0.1, 0.15) is 35.2 Å². The molecule has 3 amide bonds. The molecule has 1 saturated heterocycles. The van der Waals surface area contributed by atoms with Gasteiger partial charge in [-0.2, -0.15) is 0 Å². The molecule has 2 aliphatic carbocycles. The van der Waals surface area contributed by atoms with Gasteiger partial charge in [-0.3, -0.25) is 19.4 Å². The van der Waals surface area contributed by atoms with Crippen molar-refractivity contribution < 1.29 is 56.4 Å². The number of ether oxygens (including phenoxy) is 5. The number of likely N-dealkylation sites (N-methyl/N-ethyl adjacent to an activating group) is 2. The number of amides is 3. The minimum Gasteiger partial charge on any atom is -0.493 e. The van der Waals surface area contributed by atoms with Crippen LogP contribution < -0.4 is 35.3 Å². The first-order chi connectivity index (χ1) is 31.7. The number of carbonyl (C=O) groups is 4. The summed E-state index contributed by atoms with van der Waals surface area (Å²) in [6.07, 6.45) is 1.81. The molecule has 2 aromatic rings. The molecule has 0 radical (unpaired) electrons. The van der Waals surface area contributed by atoms with Crippen molar-refractivity contribution >= 4 is 39.9 Å². The maximum atomic E-state index is 13.7. The molecule has 6 N–H and O–H groups in total. The number of rotatable bonds is 15. The van der Waals surface area contributed by atoms with Crippen LogP contribution >= 0.6 is 0 Å². The van der Waals surface area contributed by atoms with Gasteiger partial charge in [-0.15, -0.1) is 0 Å². The van der Waals surface area contributed by atoms with Crippen LogP contribution in [0.2, 0.25) is 0 Å². The highest BCUT2D eigenvalue weighted by Crippen LogP contribution is 2.65. The second kappa shape index (κ2) is 18.4. The summed E-state index contributed by atoms with van der Waals surface area (Å²) in [6.45, 7) is 14.8. The number of benzene rings is 2. The number of methoxy groups -OCH3 is 1. The van der Waals surface area contributed by atoms with Crippen molar-refractivity contribution in [3.8, 4) is 17.2 Å². The van der Waals surface area contributed by atoms with Crippen LogP contribution in [0.5, 0.6) is 17.2 Å². The molecule has 372 valence electrons. The van der Waals surface area contributed by atoms with E-state index in [2.05, 4.69) is 25.2 Å². The molecule has 2 bridgehead atoms. The average Bonchev–Trinajstić information content (AvgIpc) is 3.77. The van der Waals surface area contributed by atoms with Gasteiger partial charge in [-0.05, 0) is 129 Å². The Morgan fingerprint density at radius 2 is 1.82 bits per heavy atom. The van der Waals surface area contributed by atoms with E-state index < -0.39 is 74.7 Å². The van der Waals surface area contributed by atoms with Gasteiger partial charge in [0, 0.05) is 56.7 Å². The number of fused-ring (bicyclic) bond motifs is 1. The predicted octanol–water partition coefficient (Wildman–Crippen LogP) is 3.09. The molecule has 0 unspecified atom stereocenters. The van der Waals surface area contributed by atoms with Crippen LogP contribution in [0.4, 0.5) is 4.79 Å². The minimum atomic E-state index is -4.16. The molecule has 1 fully saturated rings. The van der Waals surface area contributed by atoms with Crippen LogP contribution in [0, 0.1) is 20.8 Å². The highest BCUT2D eigenvalue weighted by Gasteiger charge is 2.72. The van der Waals surface area contributed by atoms with Crippen molar-refractivity contribution in [2.24, 2.45) is 10.7 Å². The van der Waals surface area contributed by atoms with Gasteiger partial charge in [-0.25, -0.2) is 17.9 Å². The Bertz CT molecular complexity index is 2570. The van der Waals surface area contributed by atoms with Crippen molar-refractivity contribution in [3.05, 3.63) is 57.3 Å². The Labute approximate surface area is 398 Å². The van der Waals surface area contributed by atoms with Gasteiger partial charge in [0.15, 0.2) is 17.6 Å². The Hall–Kier alpha value is -5.60. The first-order valence-corrected chi connectivity index (χ1v) is 24.6. The fraction of sp³-hybridized carbons (Fsp3) is 0.604. The van der Waals surface area contributed by atoms with Crippen LogP contribution in [0.25, 0.3) is 0 Å². The summed E-state index contributed by atoms with van der Waals surface area (Å²) in [5.41, 5.74) is 7.37. The third-order valence-electron chi connectivity index (χ3n) is 13.9. The standard InChI is InChI=1S/C48H67N7O12S/c1-26-27(2)40(28(3)30-25-46(7,8)67-38(26)30)68(61,62)53-43(49)51-19-12-13-31(52-35(56)24-36(57)66-45(4,5)6)42(58)50-20-22-55(10)44(59)64-33-16-17-48(60)34-23-29-14-15-32(63-11)39-37(29)47(48,41(33)65-39)18-21-54(34)9/h14-16,31,34,41,60H,12-13,17-25H2,1-11H3,(H,50,58)(H,52,56)(H3,49,51,53)/t31-,34-,41+,47+,48-/m1/s1. The second-order valence-electron chi connectivity index (χ2n) is 20.3. The molecule has 0 aromatic heterocycles. The van der Waals surface area contributed by atoms with E-state index in [1.807, 2.05) is 40.0 Å². The third kappa shape index (κ3) is 9.30. The van der Waals surface area contributed by atoms with Crippen molar-refractivity contribution in [3.63, 3.8) is 0 Å². The van der Waals surface area contributed by atoms with E-state index in [9.17, 15) is 32.7 Å². The monoisotopic (exact) mass is 965 g/mol. The molecule has 3 heterocycles. The molecule has 19 nitrogen and oxygen atoms in total. The third-order valence-corrected chi connectivity index (χ3v) is 15.6. The average molecular weight is 966 g/mol. The van der Waals surface area contributed by atoms with Crippen LogP contribution in [0.1, 0.15) is 100 Å². The Morgan fingerprint density at radius 1 is 1.10 bits per heavy atom. The van der Waals surface area contributed by atoms with E-state index in [1.165, 1.54) is 11.9 Å². The van der Waals surface area contributed by atoms with Crippen molar-refractivity contribution in [2.75, 3.05) is 47.4 Å². The number of nitrogens with zero attached hydrogens (tertiary/aromatic N) is 3. The number of hydrogen-bond donors (Lipinski definition) is 5. The highest BCUT2D eigenvalue weighted by molar-refractivity contribution is 7.90. The number of sulfonamides is 1. The zero-order valence-corrected chi connectivity index (χ0v) is 41.8. The van der Waals surface area contributed by atoms with Gasteiger partial charge >= 0.3 is 12.1 Å². The summed E-state index contributed by atoms with van der Waals surface area (Å²) in [5, 5.41) is 17.9. The molecule has 0 saturated carbocycles. The predicted molar refractivity (Wildman–Crippen MR) is 251 cm³/mol. The van der Waals surface area contributed by atoms with Crippen LogP contribution in [0.15, 0.2) is 33.9 Å². The number of esters is 1. The number of nitrogens with two attached hydrogens (primary N) is 1. The summed E-state index contributed by atoms with van der Waals surface area (Å²) in [5.74, 6) is -0.408. The molecular formula is C48H67N7O12S. The maximum Gasteiger partial charge on any atom is 0.414 e. The molecule has 68 heavy (non-hydrogen) atoms. The number of hydrogen-bond acceptors (Lipinski definition) is 14. The molecular weight excluding hydrogens is 899 g/mol. The lowest BCUT2D eigenvalue weighted by molar-refractivity contribution is -0.163. The number of carbonyl (C=O) groups excluding carboxylic acids is 4. The summed E-state index contributed by atoms with van der Waals surface area (Å²) in [7, 11) is 0.938. The van der Waals surface area contributed by atoms with E-state index in [0.29, 0.717) is 54.2 Å². The normalized spacial score (nSPS) is 23.7. The quantitative estimate of drug-likeness (QED) is 0.0566. The lowest BCUT2D eigenvalue weighted by Gasteiger charge is -2.61. The smallest absolute Gasteiger partial charge is 0.414 e. The van der Waals surface area contributed by atoms with Crippen LogP contribution in [0.3, 0.4) is 0 Å². The Balaban J connectivity index is 0.974. The van der Waals surface area contributed by atoms with Crippen LogP contribution in [-0.2, 0) is 52.1 Å². The Kier molecular flexibility index (Phi) is 13.6. The molecule has 2 aromatic carbocycles. The van der Waals surface area contributed by atoms with Gasteiger partial charge in [-0.1, -0.05) is 6.07 Å². The zero-order valence-electron chi connectivity index (χ0n) is 41.0. The molecule has 1 spiro atoms. The summed E-state index contributed by atoms with van der Waals surface area (Å²) >= 11 is 0. The van der Waals surface area contributed by atoms with E-state index in [-0.39, 0.29) is 61.6 Å². The number of nitrogens with one attached hydrogen (secondary N) is 3. The second-order valence-corrected chi connectivity index (χ2v) is 21.9. The van der Waals surface area contributed by atoms with E-state index in [4.69, 9.17) is 29.4 Å². The summed E-state index contributed by atoms with van der Waals surface area (Å²) < 4.78 is 59.5. The lowest BCUT2D eigenvalue weighted by atomic mass is 9.50. The van der Waals surface area contributed by atoms with Crippen molar-refractivity contribution in [1.29, 1.82) is 0 Å². The number of aliphatic imine (C=N–C) groups is 1. The molecule has 5 aliphatic rings. The van der Waals surface area contributed by atoms with Gasteiger partial charge in [0.05, 0.1) is 23.0 Å². The van der Waals surface area contributed by atoms with Crippen molar-refractivity contribution in [1.82, 2.24) is 25.2 Å². The molecule has 20 heteroatoms. The lowest BCUT2D eigenvalue weighted by Crippen LogP contribution is -2.74. The first-order valence-electron chi connectivity index (χ1n) is 23.1. The number of piperidine rings is 1. The SMILES string of the molecule is COc1ccc2c3c1O[C@H]1C(OC(=O)N(C)CCNC(=O)[C@@H](CCCN=C(N)NS(=O)(=O)c4c(C)c(C)c5c(c4C)CC(C)(C)O5)NC(=O)CC(=O)OC(C)(C)C)=CC[C@@]4(O)[C@@H](C2)N(C)CC[C@]314. The molecule has 3 aliphatic heterocycles. The number of likely N-dealkylation sites (tertiary alicyclic amines) is 1. The molecule has 5 atom stereocenters. The van der Waals surface area contributed by atoms with E-state index in [1.54, 1.807) is 47.8 Å². The number of aliphatic hydroxyl groups is 1. The number of guanidine groups is 1. The van der Waals surface area contributed by atoms with E-state index >= 15 is 0 Å². The van der Waals surface area contributed by atoms with Gasteiger partial charge in [0.2, 0.25) is 17.8 Å².